The molecular weight excluding hydrogens is 1020 g/mol. The van der Waals surface area contributed by atoms with E-state index in [1.54, 1.807) is 0 Å². The van der Waals surface area contributed by atoms with E-state index in [1.165, 1.54) is 44.5 Å². The maximum atomic E-state index is 5.38. The summed E-state index contributed by atoms with van der Waals surface area (Å²) in [6.45, 7) is 0. The van der Waals surface area contributed by atoms with Gasteiger partial charge in [-0.15, -0.1) is 0 Å². The predicted octanol–water partition coefficient (Wildman–Crippen LogP) is 21.9. The van der Waals surface area contributed by atoms with Crippen LogP contribution in [0.5, 0.6) is 0 Å². The molecule has 13 aromatic carbocycles. The third kappa shape index (κ3) is 10.7. The molecule has 0 unspecified atom stereocenters. The fourth-order valence-electron chi connectivity index (χ4n) is 11.3. The molecule has 0 radical (unpaired) electrons. The second kappa shape index (κ2) is 23.1. The van der Waals surface area contributed by atoms with Gasteiger partial charge in [0, 0.05) is 45.3 Å². The van der Waals surface area contributed by atoms with Crippen LogP contribution < -0.4 is 9.80 Å². The Morgan fingerprint density at radius 2 is 0.369 bits per heavy atom. The van der Waals surface area contributed by atoms with Crippen molar-refractivity contribution in [3.63, 3.8) is 0 Å². The van der Waals surface area contributed by atoms with Crippen molar-refractivity contribution in [2.75, 3.05) is 9.80 Å². The van der Waals surface area contributed by atoms with Crippen molar-refractivity contribution in [2.24, 2.45) is 0 Å². The molecule has 0 atom stereocenters. The lowest BCUT2D eigenvalue weighted by Crippen LogP contribution is -2.10. The molecule has 0 bridgehead atoms. The van der Waals surface area contributed by atoms with Crippen LogP contribution in [-0.4, -0.2) is 9.97 Å². The average Bonchev–Trinajstić information content (AvgIpc) is 3.64. The van der Waals surface area contributed by atoms with E-state index >= 15 is 0 Å². The first-order chi connectivity index (χ1) is 41.6. The molecule has 0 N–H and O–H groups in total. The van der Waals surface area contributed by atoms with E-state index in [0.29, 0.717) is 0 Å². The first kappa shape index (κ1) is 51.0. The van der Waals surface area contributed by atoms with Gasteiger partial charge < -0.3 is 9.80 Å². The number of fused-ring (bicyclic) bond motifs is 1. The highest BCUT2D eigenvalue weighted by Gasteiger charge is 2.20. The van der Waals surface area contributed by atoms with Gasteiger partial charge in [-0.3, -0.25) is 0 Å². The zero-order chi connectivity index (χ0) is 56.0. The summed E-state index contributed by atoms with van der Waals surface area (Å²) in [7, 11) is 0. The minimum atomic E-state index is 0.813. The first-order valence-electron chi connectivity index (χ1n) is 28.5. The summed E-state index contributed by atoms with van der Waals surface area (Å²) in [4.78, 5) is 15.4. The molecule has 1 heterocycles. The molecule has 4 nitrogen and oxygen atoms in total. The van der Waals surface area contributed by atoms with Crippen molar-refractivity contribution in [3.05, 3.63) is 340 Å². The van der Waals surface area contributed by atoms with E-state index in [4.69, 9.17) is 9.97 Å². The Morgan fingerprint density at radius 3 is 0.655 bits per heavy atom. The van der Waals surface area contributed by atoms with Crippen molar-refractivity contribution < 1.29 is 0 Å². The summed E-state index contributed by atoms with van der Waals surface area (Å²) >= 11 is 0. The quantitative estimate of drug-likeness (QED) is 0.109. The Morgan fingerprint density at radius 1 is 0.155 bits per heavy atom. The van der Waals surface area contributed by atoms with Crippen molar-refractivity contribution >= 4 is 45.2 Å². The van der Waals surface area contributed by atoms with Crippen molar-refractivity contribution in [1.29, 1.82) is 0 Å². The van der Waals surface area contributed by atoms with Gasteiger partial charge in [-0.05, 0) is 152 Å². The summed E-state index contributed by atoms with van der Waals surface area (Å²) in [5.74, 6) is 0. The Bertz CT molecular complexity index is 4220. The van der Waals surface area contributed by atoms with Gasteiger partial charge in [-0.1, -0.05) is 255 Å². The summed E-state index contributed by atoms with van der Waals surface area (Å²) in [6.07, 6.45) is 0. The minimum Gasteiger partial charge on any atom is -0.310 e. The van der Waals surface area contributed by atoms with Crippen LogP contribution >= 0.6 is 0 Å². The minimum absolute atomic E-state index is 0.813. The molecule has 396 valence electrons. The molecule has 0 aliphatic heterocycles. The molecule has 84 heavy (non-hydrogen) atoms. The summed E-state index contributed by atoms with van der Waals surface area (Å²) in [5, 5.41) is 0. The van der Waals surface area contributed by atoms with Crippen molar-refractivity contribution in [2.45, 2.75) is 0 Å². The summed E-state index contributed by atoms with van der Waals surface area (Å²) in [5.41, 5.74) is 25.6. The molecule has 14 aromatic rings. The SMILES string of the molecule is c1ccc(-c2ccc(-c3ccc(N(c4ccc(-c5nc6ccccc6nc5-c5ccc(N(c6ccc(-c7ccc(-c8ccccc8)cc7)cc6)c6cccc(-c7ccccc7)c6)cc5)cc4)c4cccc(-c5ccccc5)c4)cc3)cc2)cc1. The van der Waals surface area contributed by atoms with Crippen LogP contribution in [0.25, 0.3) is 100 Å². The van der Waals surface area contributed by atoms with Crippen LogP contribution in [0.15, 0.2) is 340 Å². The molecule has 0 aliphatic rings. The zero-order valence-electron chi connectivity index (χ0n) is 46.1. The molecule has 4 heteroatoms. The second-order valence-corrected chi connectivity index (χ2v) is 21.0. The number of benzene rings is 13. The number of hydrogen-bond donors (Lipinski definition) is 0. The first-order valence-corrected chi connectivity index (χ1v) is 28.5. The molecule has 0 saturated carbocycles. The molecule has 0 amide bonds. The van der Waals surface area contributed by atoms with Gasteiger partial charge in [-0.25, -0.2) is 9.97 Å². The number of hydrogen-bond acceptors (Lipinski definition) is 4. The summed E-state index contributed by atoms with van der Waals surface area (Å²) < 4.78 is 0. The highest BCUT2D eigenvalue weighted by atomic mass is 15.1. The van der Waals surface area contributed by atoms with E-state index in [1.807, 2.05) is 24.3 Å². The molecule has 0 spiro atoms. The Labute approximate surface area is 491 Å². The standard InChI is InChI=1S/C80H56N4/c1-5-17-57(18-6-1)61-31-35-63(36-32-61)65-39-47-71(48-40-65)83(75-27-15-25-69(55-75)59-21-9-3-10-22-59)73-51-43-67(44-52-73)79-80(82-78-30-14-13-29-77(78)81-79)68-45-53-74(54-46-68)84(76-28-16-26-70(56-76)60-23-11-4-12-24-60)72-49-41-66(42-50-72)64-37-33-62(34-38-64)58-19-7-2-8-20-58/h1-56H. The van der Waals surface area contributed by atoms with Crippen molar-refractivity contribution in [3.8, 4) is 89.3 Å². The van der Waals surface area contributed by atoms with Gasteiger partial charge in [0.1, 0.15) is 0 Å². The number of para-hydroxylation sites is 2. The van der Waals surface area contributed by atoms with Gasteiger partial charge in [0.25, 0.3) is 0 Å². The van der Waals surface area contributed by atoms with Crippen LogP contribution in [-0.2, 0) is 0 Å². The Kier molecular flexibility index (Phi) is 14.0. The van der Waals surface area contributed by atoms with Crippen LogP contribution in [0, 0.1) is 0 Å². The number of anilines is 6. The van der Waals surface area contributed by atoms with E-state index < -0.39 is 0 Å². The van der Waals surface area contributed by atoms with E-state index in [9.17, 15) is 0 Å². The van der Waals surface area contributed by atoms with Crippen molar-refractivity contribution in [1.82, 2.24) is 9.97 Å². The number of nitrogens with zero attached hydrogens (tertiary/aromatic N) is 4. The van der Waals surface area contributed by atoms with Gasteiger partial charge in [-0.2, -0.15) is 0 Å². The maximum absolute atomic E-state index is 5.38. The van der Waals surface area contributed by atoms with Crippen LogP contribution in [0.4, 0.5) is 34.1 Å². The van der Waals surface area contributed by atoms with Crippen LogP contribution in [0.2, 0.25) is 0 Å². The second-order valence-electron chi connectivity index (χ2n) is 21.0. The zero-order valence-corrected chi connectivity index (χ0v) is 46.1. The van der Waals surface area contributed by atoms with Gasteiger partial charge in [0.15, 0.2) is 0 Å². The predicted molar refractivity (Wildman–Crippen MR) is 352 cm³/mol. The highest BCUT2D eigenvalue weighted by Crippen LogP contribution is 2.42. The Balaban J connectivity index is 0.810. The largest absolute Gasteiger partial charge is 0.310 e. The monoisotopic (exact) mass is 1070 g/mol. The summed E-state index contributed by atoms with van der Waals surface area (Å²) in [6, 6.07) is 121. The number of aromatic nitrogens is 2. The topological polar surface area (TPSA) is 32.3 Å². The highest BCUT2D eigenvalue weighted by molar-refractivity contribution is 5.90. The van der Waals surface area contributed by atoms with E-state index in [-0.39, 0.29) is 0 Å². The molecule has 1 aromatic heterocycles. The molecule has 14 rings (SSSR count). The molecule has 0 saturated heterocycles. The molecule has 0 aliphatic carbocycles. The molecule has 0 fully saturated rings. The molecular formula is C80H56N4. The normalized spacial score (nSPS) is 11.1. The third-order valence-electron chi connectivity index (χ3n) is 15.7. The lowest BCUT2D eigenvalue weighted by atomic mass is 9.99. The fourth-order valence-corrected chi connectivity index (χ4v) is 11.3. The van der Waals surface area contributed by atoms with E-state index in [0.717, 1.165) is 89.9 Å². The van der Waals surface area contributed by atoms with Crippen LogP contribution in [0.1, 0.15) is 0 Å². The maximum Gasteiger partial charge on any atom is 0.0973 e. The third-order valence-corrected chi connectivity index (χ3v) is 15.7. The lowest BCUT2D eigenvalue weighted by Gasteiger charge is -2.27. The van der Waals surface area contributed by atoms with Gasteiger partial charge in [0.05, 0.1) is 22.4 Å². The van der Waals surface area contributed by atoms with Gasteiger partial charge in [0.2, 0.25) is 0 Å². The average molecular weight is 1070 g/mol. The van der Waals surface area contributed by atoms with E-state index in [2.05, 4.69) is 325 Å². The lowest BCUT2D eigenvalue weighted by molar-refractivity contribution is 1.26. The number of rotatable bonds is 14. The Hall–Kier alpha value is -11.2. The fraction of sp³-hybridized carbons (Fsp3) is 0. The smallest absolute Gasteiger partial charge is 0.0973 e. The van der Waals surface area contributed by atoms with Crippen LogP contribution in [0.3, 0.4) is 0 Å². The van der Waals surface area contributed by atoms with Gasteiger partial charge >= 0.3 is 0 Å².